The molecule has 0 saturated heterocycles. The predicted octanol–water partition coefficient (Wildman–Crippen LogP) is 4.67. The van der Waals surface area contributed by atoms with Crippen molar-refractivity contribution in [2.75, 3.05) is 14.2 Å². The van der Waals surface area contributed by atoms with Gasteiger partial charge in [0.05, 0.1) is 37.9 Å². The zero-order valence-corrected chi connectivity index (χ0v) is 15.3. The van der Waals surface area contributed by atoms with E-state index in [2.05, 4.69) is 26.0 Å². The Balaban J connectivity index is 2.36. The molecule has 2 atom stereocenters. The van der Waals surface area contributed by atoms with Crippen LogP contribution in [0, 0.1) is 0 Å². The SMILES string of the molecule is COc1cc(OC)c2c(OC(C)C)cc3c(c2c1)[C@H](C)O[C@@H](C)C3. The monoisotopic (exact) mass is 330 g/mol. The lowest BCUT2D eigenvalue weighted by atomic mass is 9.89. The van der Waals surface area contributed by atoms with Crippen LogP contribution in [0.25, 0.3) is 10.8 Å². The van der Waals surface area contributed by atoms with Crippen LogP contribution < -0.4 is 14.2 Å². The fraction of sp³-hybridized carbons (Fsp3) is 0.500. The van der Waals surface area contributed by atoms with E-state index < -0.39 is 0 Å². The van der Waals surface area contributed by atoms with Crippen LogP contribution in [-0.4, -0.2) is 26.4 Å². The molecule has 3 rings (SSSR count). The maximum Gasteiger partial charge on any atom is 0.134 e. The number of methoxy groups -OCH3 is 2. The van der Waals surface area contributed by atoms with E-state index in [-0.39, 0.29) is 18.3 Å². The van der Waals surface area contributed by atoms with E-state index in [0.29, 0.717) is 0 Å². The van der Waals surface area contributed by atoms with Gasteiger partial charge in [0.2, 0.25) is 0 Å². The van der Waals surface area contributed by atoms with Crippen molar-refractivity contribution in [3.05, 3.63) is 29.3 Å². The van der Waals surface area contributed by atoms with E-state index in [1.165, 1.54) is 11.1 Å². The highest BCUT2D eigenvalue weighted by molar-refractivity contribution is 5.98. The molecule has 0 aromatic heterocycles. The van der Waals surface area contributed by atoms with Gasteiger partial charge in [-0.05, 0) is 62.8 Å². The maximum atomic E-state index is 6.12. The molecule has 0 saturated carbocycles. The van der Waals surface area contributed by atoms with Gasteiger partial charge < -0.3 is 18.9 Å². The summed E-state index contributed by atoms with van der Waals surface area (Å²) in [6.07, 6.45) is 1.19. The Labute approximate surface area is 143 Å². The minimum Gasteiger partial charge on any atom is -0.497 e. The smallest absolute Gasteiger partial charge is 0.134 e. The molecule has 24 heavy (non-hydrogen) atoms. The van der Waals surface area contributed by atoms with E-state index in [1.807, 2.05) is 19.9 Å². The molecule has 0 unspecified atom stereocenters. The summed E-state index contributed by atoms with van der Waals surface area (Å²) in [5.41, 5.74) is 2.48. The second-order valence-electron chi connectivity index (χ2n) is 6.66. The third-order valence-corrected chi connectivity index (χ3v) is 4.43. The van der Waals surface area contributed by atoms with Crippen LogP contribution in [0.3, 0.4) is 0 Å². The molecule has 1 heterocycles. The number of fused-ring (bicyclic) bond motifs is 3. The molecule has 4 nitrogen and oxygen atoms in total. The summed E-state index contributed by atoms with van der Waals surface area (Å²) in [5.74, 6) is 2.39. The average Bonchev–Trinajstić information content (AvgIpc) is 2.52. The Morgan fingerprint density at radius 1 is 1.04 bits per heavy atom. The third-order valence-electron chi connectivity index (χ3n) is 4.43. The van der Waals surface area contributed by atoms with Gasteiger partial charge in [0.1, 0.15) is 17.2 Å². The zero-order valence-electron chi connectivity index (χ0n) is 15.3. The lowest BCUT2D eigenvalue weighted by molar-refractivity contribution is -0.00379. The first-order valence-electron chi connectivity index (χ1n) is 8.48. The van der Waals surface area contributed by atoms with Crippen LogP contribution in [0.4, 0.5) is 0 Å². The van der Waals surface area contributed by atoms with Crippen molar-refractivity contribution in [2.24, 2.45) is 0 Å². The molecule has 2 aromatic carbocycles. The first-order valence-corrected chi connectivity index (χ1v) is 8.48. The van der Waals surface area contributed by atoms with Gasteiger partial charge in [0, 0.05) is 6.07 Å². The highest BCUT2D eigenvalue weighted by Crippen LogP contribution is 2.45. The maximum absolute atomic E-state index is 6.12. The summed E-state index contributed by atoms with van der Waals surface area (Å²) < 4.78 is 23.3. The van der Waals surface area contributed by atoms with Crippen molar-refractivity contribution in [2.45, 2.75) is 52.4 Å². The molecule has 2 aromatic rings. The number of hydrogen-bond acceptors (Lipinski definition) is 4. The molecule has 0 aliphatic carbocycles. The summed E-state index contributed by atoms with van der Waals surface area (Å²) in [6.45, 7) is 8.28. The molecular weight excluding hydrogens is 304 g/mol. The molecule has 0 spiro atoms. The molecule has 0 fully saturated rings. The highest BCUT2D eigenvalue weighted by atomic mass is 16.5. The van der Waals surface area contributed by atoms with Crippen LogP contribution in [-0.2, 0) is 11.2 Å². The number of benzene rings is 2. The largest absolute Gasteiger partial charge is 0.497 e. The molecule has 4 heteroatoms. The number of hydrogen-bond donors (Lipinski definition) is 0. The normalized spacial score (nSPS) is 20.1. The summed E-state index contributed by atoms with van der Waals surface area (Å²) in [5, 5.41) is 2.06. The van der Waals surface area contributed by atoms with Crippen LogP contribution in [0.2, 0.25) is 0 Å². The average molecular weight is 330 g/mol. The predicted molar refractivity (Wildman–Crippen MR) is 95.5 cm³/mol. The lowest BCUT2D eigenvalue weighted by Crippen LogP contribution is -2.22. The number of rotatable bonds is 4. The Hall–Kier alpha value is -1.94. The van der Waals surface area contributed by atoms with E-state index >= 15 is 0 Å². The minimum absolute atomic E-state index is 0.0242. The zero-order chi connectivity index (χ0) is 17.4. The van der Waals surface area contributed by atoms with E-state index in [9.17, 15) is 0 Å². The molecule has 0 N–H and O–H groups in total. The Bertz CT molecular complexity index is 751. The topological polar surface area (TPSA) is 36.9 Å². The lowest BCUT2D eigenvalue weighted by Gasteiger charge is -2.31. The van der Waals surface area contributed by atoms with Crippen molar-refractivity contribution in [1.82, 2.24) is 0 Å². The minimum atomic E-state index is 0.0242. The van der Waals surface area contributed by atoms with Crippen molar-refractivity contribution >= 4 is 10.8 Å². The van der Waals surface area contributed by atoms with Gasteiger partial charge >= 0.3 is 0 Å². The van der Waals surface area contributed by atoms with Gasteiger partial charge in [0.15, 0.2) is 0 Å². The molecule has 0 radical (unpaired) electrons. The van der Waals surface area contributed by atoms with Crippen LogP contribution in [0.1, 0.15) is 44.9 Å². The standard InChI is InChI=1S/C20H26O4/c1-11(2)23-18-8-14-7-12(3)24-13(4)19(14)16-9-15(21-5)10-17(22-6)20(16)18/h8-13H,7H2,1-6H3/t12-,13-/m0/s1. The van der Waals surface area contributed by atoms with E-state index in [4.69, 9.17) is 18.9 Å². The molecule has 130 valence electrons. The van der Waals surface area contributed by atoms with Crippen molar-refractivity contribution in [1.29, 1.82) is 0 Å². The fourth-order valence-corrected chi connectivity index (χ4v) is 3.59. The van der Waals surface area contributed by atoms with Gasteiger partial charge in [-0.3, -0.25) is 0 Å². The molecule has 1 aliphatic rings. The van der Waals surface area contributed by atoms with Gasteiger partial charge in [-0.25, -0.2) is 0 Å². The van der Waals surface area contributed by atoms with Crippen molar-refractivity contribution < 1.29 is 18.9 Å². The van der Waals surface area contributed by atoms with Crippen LogP contribution in [0.5, 0.6) is 17.2 Å². The summed E-state index contributed by atoms with van der Waals surface area (Å²) >= 11 is 0. The molecular formula is C20H26O4. The fourth-order valence-electron chi connectivity index (χ4n) is 3.59. The van der Waals surface area contributed by atoms with Gasteiger partial charge in [-0.2, -0.15) is 0 Å². The van der Waals surface area contributed by atoms with Crippen LogP contribution in [0.15, 0.2) is 18.2 Å². The summed E-state index contributed by atoms with van der Waals surface area (Å²) in [7, 11) is 3.35. The Morgan fingerprint density at radius 3 is 2.42 bits per heavy atom. The first kappa shape index (κ1) is 16.9. The van der Waals surface area contributed by atoms with Gasteiger partial charge in [-0.15, -0.1) is 0 Å². The number of ether oxygens (including phenoxy) is 4. The Kier molecular flexibility index (Phi) is 4.59. The van der Waals surface area contributed by atoms with Crippen LogP contribution >= 0.6 is 0 Å². The second-order valence-corrected chi connectivity index (χ2v) is 6.66. The summed E-state index contributed by atoms with van der Waals surface area (Å²) in [4.78, 5) is 0. The highest BCUT2D eigenvalue weighted by Gasteiger charge is 2.27. The van der Waals surface area contributed by atoms with E-state index in [0.717, 1.165) is 34.4 Å². The van der Waals surface area contributed by atoms with Gasteiger partial charge in [-0.1, -0.05) is 0 Å². The Morgan fingerprint density at radius 2 is 1.79 bits per heavy atom. The van der Waals surface area contributed by atoms with E-state index in [1.54, 1.807) is 14.2 Å². The quantitative estimate of drug-likeness (QED) is 0.816. The van der Waals surface area contributed by atoms with Crippen molar-refractivity contribution in [3.8, 4) is 17.2 Å². The van der Waals surface area contributed by atoms with Gasteiger partial charge in [0.25, 0.3) is 0 Å². The third kappa shape index (κ3) is 2.91. The summed E-state index contributed by atoms with van der Waals surface area (Å²) in [6, 6.07) is 6.11. The molecule has 0 bridgehead atoms. The second kappa shape index (κ2) is 6.52. The molecule has 0 amide bonds. The molecule has 1 aliphatic heterocycles. The first-order chi connectivity index (χ1) is 11.4. The van der Waals surface area contributed by atoms with Crippen molar-refractivity contribution in [3.63, 3.8) is 0 Å².